The van der Waals surface area contributed by atoms with E-state index in [1.165, 1.54) is 0 Å². The monoisotopic (exact) mass is 486 g/mol. The molecule has 3 rings (SSSR count). The summed E-state index contributed by atoms with van der Waals surface area (Å²) >= 11 is 3.41. The molecule has 0 spiro atoms. The fourth-order valence-electron chi connectivity index (χ4n) is 3.10. The van der Waals surface area contributed by atoms with Gasteiger partial charge in [-0.15, -0.1) is 0 Å². The molecule has 1 fully saturated rings. The van der Waals surface area contributed by atoms with Gasteiger partial charge in [-0.3, -0.25) is 9.59 Å². The van der Waals surface area contributed by atoms with Gasteiger partial charge in [0.25, 0.3) is 5.91 Å². The van der Waals surface area contributed by atoms with Crippen LogP contribution >= 0.6 is 15.9 Å². The van der Waals surface area contributed by atoms with Crippen molar-refractivity contribution >= 4 is 40.0 Å². The van der Waals surface area contributed by atoms with E-state index in [0.29, 0.717) is 37.5 Å². The summed E-state index contributed by atoms with van der Waals surface area (Å²) in [7, 11) is 0. The van der Waals surface area contributed by atoms with Crippen LogP contribution in [0, 0.1) is 0 Å². The van der Waals surface area contributed by atoms with Crippen LogP contribution in [0.1, 0.15) is 22.8 Å². The van der Waals surface area contributed by atoms with Crippen LogP contribution < -0.4 is 4.74 Å². The van der Waals surface area contributed by atoms with Crippen molar-refractivity contribution in [2.45, 2.75) is 6.92 Å². The Kier molecular flexibility index (Phi) is 7.83. The molecule has 0 saturated carbocycles. The quantitative estimate of drug-likeness (QED) is 0.362. The number of nitrogens with zero attached hydrogens (tertiary/aromatic N) is 2. The minimum Gasteiger partial charge on any atom is -0.434 e. The van der Waals surface area contributed by atoms with Crippen molar-refractivity contribution in [3.05, 3.63) is 70.2 Å². The molecule has 0 radical (unpaired) electrons. The van der Waals surface area contributed by atoms with Gasteiger partial charge in [-0.25, -0.2) is 4.79 Å². The number of benzene rings is 2. The van der Waals surface area contributed by atoms with Gasteiger partial charge in [0.1, 0.15) is 5.75 Å². The third-order valence-corrected chi connectivity index (χ3v) is 5.20. The molecule has 2 aromatic rings. The Labute approximate surface area is 189 Å². The number of hydrogen-bond donors (Lipinski definition) is 0. The summed E-state index contributed by atoms with van der Waals surface area (Å²) in [6.07, 6.45) is 2.56. The molecule has 1 aliphatic heterocycles. The van der Waals surface area contributed by atoms with Crippen molar-refractivity contribution < 1.29 is 23.9 Å². The van der Waals surface area contributed by atoms with Gasteiger partial charge in [0.15, 0.2) is 0 Å². The van der Waals surface area contributed by atoms with Gasteiger partial charge in [-0.1, -0.05) is 28.1 Å². The molecule has 0 aromatic heterocycles. The summed E-state index contributed by atoms with van der Waals surface area (Å²) in [6.45, 7) is 3.76. The number of halogens is 1. The second kappa shape index (κ2) is 10.8. The van der Waals surface area contributed by atoms with Gasteiger partial charge in [-0.05, 0) is 55.0 Å². The Morgan fingerprint density at radius 3 is 2.32 bits per heavy atom. The van der Waals surface area contributed by atoms with Gasteiger partial charge in [0.05, 0.1) is 6.61 Å². The van der Waals surface area contributed by atoms with Crippen LogP contribution in [0.15, 0.2) is 59.1 Å². The van der Waals surface area contributed by atoms with Gasteiger partial charge < -0.3 is 19.3 Å². The number of amides is 2. The predicted octanol–water partition coefficient (Wildman–Crippen LogP) is 3.98. The largest absolute Gasteiger partial charge is 0.513 e. The molecule has 0 aliphatic carbocycles. The van der Waals surface area contributed by atoms with Gasteiger partial charge >= 0.3 is 6.16 Å². The Morgan fingerprint density at radius 1 is 1.00 bits per heavy atom. The Morgan fingerprint density at radius 2 is 1.68 bits per heavy atom. The summed E-state index contributed by atoms with van der Waals surface area (Å²) in [5.74, 6) is 0.106. The lowest BCUT2D eigenvalue weighted by Gasteiger charge is -2.34. The minimum atomic E-state index is -0.781. The average molecular weight is 487 g/mol. The summed E-state index contributed by atoms with van der Waals surface area (Å²) in [4.78, 5) is 40.0. The molecule has 2 amide bonds. The summed E-state index contributed by atoms with van der Waals surface area (Å²) in [5, 5.41) is 0. The highest BCUT2D eigenvalue weighted by atomic mass is 79.9. The number of piperazine rings is 1. The van der Waals surface area contributed by atoms with Gasteiger partial charge in [0, 0.05) is 42.3 Å². The number of ether oxygens (including phenoxy) is 2. The van der Waals surface area contributed by atoms with Gasteiger partial charge in [-0.2, -0.15) is 0 Å². The third-order valence-electron chi connectivity index (χ3n) is 4.71. The zero-order valence-corrected chi connectivity index (χ0v) is 18.7. The van der Waals surface area contributed by atoms with Crippen molar-refractivity contribution in [2.24, 2.45) is 0 Å². The molecule has 0 unspecified atom stereocenters. The maximum absolute atomic E-state index is 12.7. The molecule has 162 valence electrons. The van der Waals surface area contributed by atoms with E-state index < -0.39 is 6.16 Å². The Bertz CT molecular complexity index is 966. The van der Waals surface area contributed by atoms with E-state index in [0.717, 1.165) is 10.0 Å². The first-order chi connectivity index (χ1) is 15.0. The predicted molar refractivity (Wildman–Crippen MR) is 120 cm³/mol. The normalized spacial score (nSPS) is 13.9. The zero-order chi connectivity index (χ0) is 22.2. The van der Waals surface area contributed by atoms with Crippen molar-refractivity contribution in [3.8, 4) is 5.75 Å². The molecule has 31 heavy (non-hydrogen) atoms. The van der Waals surface area contributed by atoms with E-state index in [2.05, 4.69) is 15.9 Å². The zero-order valence-electron chi connectivity index (χ0n) is 17.1. The number of rotatable bonds is 5. The molecule has 1 heterocycles. The lowest BCUT2D eigenvalue weighted by atomic mass is 10.1. The molecule has 0 N–H and O–H groups in total. The molecule has 2 aromatic carbocycles. The lowest BCUT2D eigenvalue weighted by molar-refractivity contribution is -0.127. The number of carbonyl (C=O) groups excluding carboxylic acids is 3. The van der Waals surface area contributed by atoms with Crippen molar-refractivity contribution in [3.63, 3.8) is 0 Å². The van der Waals surface area contributed by atoms with Crippen LogP contribution in [-0.4, -0.2) is 60.6 Å². The molecule has 1 saturated heterocycles. The number of hydrogen-bond acceptors (Lipinski definition) is 5. The molecule has 1 aliphatic rings. The fourth-order valence-corrected chi connectivity index (χ4v) is 3.52. The minimum absolute atomic E-state index is 0.0764. The van der Waals surface area contributed by atoms with Crippen molar-refractivity contribution in [2.75, 3.05) is 32.8 Å². The second-order valence-electron chi connectivity index (χ2n) is 6.82. The van der Waals surface area contributed by atoms with Crippen molar-refractivity contribution in [1.29, 1.82) is 0 Å². The van der Waals surface area contributed by atoms with E-state index >= 15 is 0 Å². The Balaban J connectivity index is 1.51. The molecule has 7 nitrogen and oxygen atoms in total. The van der Waals surface area contributed by atoms with Gasteiger partial charge in [0.2, 0.25) is 5.91 Å². The molecular formula is C23H23BrN2O5. The SMILES string of the molecule is CCOC(=O)Oc1ccc(C(=O)N2CCN(C(=O)/C=C/c3cccc(Br)c3)CC2)cc1. The van der Waals surface area contributed by atoms with Crippen LogP contribution in [0.5, 0.6) is 5.75 Å². The van der Waals surface area contributed by atoms with Crippen LogP contribution in [0.4, 0.5) is 4.79 Å². The van der Waals surface area contributed by atoms with E-state index in [4.69, 9.17) is 9.47 Å². The summed E-state index contributed by atoms with van der Waals surface area (Å²) in [6, 6.07) is 14.0. The Hall–Kier alpha value is -3.13. The highest BCUT2D eigenvalue weighted by molar-refractivity contribution is 9.10. The first kappa shape index (κ1) is 22.6. The lowest BCUT2D eigenvalue weighted by Crippen LogP contribution is -2.50. The van der Waals surface area contributed by atoms with E-state index in [-0.39, 0.29) is 18.4 Å². The highest BCUT2D eigenvalue weighted by Crippen LogP contribution is 2.16. The van der Waals surface area contributed by atoms with Crippen LogP contribution in [0.3, 0.4) is 0 Å². The van der Waals surface area contributed by atoms with E-state index in [1.807, 2.05) is 24.3 Å². The van der Waals surface area contributed by atoms with Crippen LogP contribution in [0.25, 0.3) is 6.08 Å². The molecule has 0 atom stereocenters. The molecule has 8 heteroatoms. The average Bonchev–Trinajstić information content (AvgIpc) is 2.78. The van der Waals surface area contributed by atoms with Crippen LogP contribution in [0.2, 0.25) is 0 Å². The van der Waals surface area contributed by atoms with E-state index in [1.54, 1.807) is 53.1 Å². The highest BCUT2D eigenvalue weighted by Gasteiger charge is 2.24. The first-order valence-electron chi connectivity index (χ1n) is 9.93. The standard InChI is InChI=1S/C23H23BrN2O5/c1-2-30-23(29)31-20-9-7-18(8-10-20)22(28)26-14-12-25(13-15-26)21(27)11-6-17-4-3-5-19(24)16-17/h3-11,16H,2,12-15H2,1H3/b11-6+. The second-order valence-corrected chi connectivity index (χ2v) is 7.73. The maximum atomic E-state index is 12.7. The van der Waals surface area contributed by atoms with Crippen molar-refractivity contribution in [1.82, 2.24) is 9.80 Å². The fraction of sp³-hybridized carbons (Fsp3) is 0.261. The molecular weight excluding hydrogens is 464 g/mol. The first-order valence-corrected chi connectivity index (χ1v) is 10.7. The molecule has 0 bridgehead atoms. The van der Waals surface area contributed by atoms with E-state index in [9.17, 15) is 14.4 Å². The number of carbonyl (C=O) groups is 3. The smallest absolute Gasteiger partial charge is 0.434 e. The maximum Gasteiger partial charge on any atom is 0.513 e. The van der Waals surface area contributed by atoms with Crippen LogP contribution in [-0.2, 0) is 9.53 Å². The third kappa shape index (κ3) is 6.42. The topological polar surface area (TPSA) is 76.2 Å². The summed E-state index contributed by atoms with van der Waals surface area (Å²) in [5.41, 5.74) is 1.43. The summed E-state index contributed by atoms with van der Waals surface area (Å²) < 4.78 is 10.7.